The van der Waals surface area contributed by atoms with E-state index < -0.39 is 10.0 Å². The molecule has 0 saturated heterocycles. The zero-order valence-corrected chi connectivity index (χ0v) is 14.1. The van der Waals surface area contributed by atoms with Gasteiger partial charge in [-0.15, -0.1) is 0 Å². The lowest BCUT2D eigenvalue weighted by molar-refractivity contribution is 0.573. The number of nitrogens with zero attached hydrogens (tertiary/aromatic N) is 2. The predicted octanol–water partition coefficient (Wildman–Crippen LogP) is 2.49. The monoisotopic (exact) mass is 372 g/mol. The molecule has 2 aromatic heterocycles. The van der Waals surface area contributed by atoms with Crippen LogP contribution in [0.15, 0.2) is 40.0 Å². The van der Waals surface area contributed by atoms with Crippen molar-refractivity contribution in [3.8, 4) is 0 Å². The van der Waals surface area contributed by atoms with E-state index in [4.69, 9.17) is 5.73 Å². The van der Waals surface area contributed by atoms with Crippen molar-refractivity contribution in [3.05, 3.63) is 40.8 Å². The first kappa shape index (κ1) is 16.0. The number of nitrogens with one attached hydrogen (secondary N) is 1. The molecule has 0 spiro atoms. The summed E-state index contributed by atoms with van der Waals surface area (Å²) in [5, 5.41) is 0. The fraction of sp³-hybridized carbons (Fsp3) is 0.308. The summed E-state index contributed by atoms with van der Waals surface area (Å²) < 4.78 is 29.8. The molecule has 3 N–H and O–H groups in total. The van der Waals surface area contributed by atoms with Crippen molar-refractivity contribution in [1.29, 1.82) is 0 Å². The molecule has 6 nitrogen and oxygen atoms in total. The minimum Gasteiger partial charge on any atom is -0.346 e. The SMILES string of the molecule is CC(C)n1cc(S(=O)(=O)Nc2ncccc2Br)cc1CN. The predicted molar refractivity (Wildman–Crippen MR) is 85.5 cm³/mol. The molecule has 0 bridgehead atoms. The second-order valence-corrected chi connectivity index (χ2v) is 7.35. The van der Waals surface area contributed by atoms with Gasteiger partial charge in [-0.1, -0.05) is 0 Å². The maximum absolute atomic E-state index is 12.4. The number of hydrogen-bond donors (Lipinski definition) is 2. The van der Waals surface area contributed by atoms with Crippen molar-refractivity contribution in [1.82, 2.24) is 9.55 Å². The number of nitrogens with two attached hydrogens (primary N) is 1. The minimum absolute atomic E-state index is 0.133. The number of aromatic nitrogens is 2. The van der Waals surface area contributed by atoms with Gasteiger partial charge >= 0.3 is 0 Å². The highest BCUT2D eigenvalue weighted by Gasteiger charge is 2.20. The molecule has 21 heavy (non-hydrogen) atoms. The van der Waals surface area contributed by atoms with Gasteiger partial charge in [0.15, 0.2) is 5.82 Å². The number of rotatable bonds is 5. The maximum Gasteiger partial charge on any atom is 0.264 e. The van der Waals surface area contributed by atoms with Crippen molar-refractivity contribution in [2.45, 2.75) is 31.3 Å². The fourth-order valence-corrected chi connectivity index (χ4v) is 3.50. The highest BCUT2D eigenvalue weighted by atomic mass is 79.9. The molecule has 0 aliphatic rings. The molecule has 0 radical (unpaired) electrons. The molecule has 114 valence electrons. The quantitative estimate of drug-likeness (QED) is 0.843. The molecule has 0 fully saturated rings. The summed E-state index contributed by atoms with van der Waals surface area (Å²) in [5.74, 6) is 0.254. The van der Waals surface area contributed by atoms with Crippen molar-refractivity contribution < 1.29 is 8.42 Å². The Bertz CT molecular complexity index is 740. The third kappa shape index (κ3) is 3.45. The Morgan fingerprint density at radius 3 is 2.71 bits per heavy atom. The number of pyridine rings is 1. The van der Waals surface area contributed by atoms with E-state index in [-0.39, 0.29) is 23.3 Å². The lowest BCUT2D eigenvalue weighted by Crippen LogP contribution is -2.13. The molecular weight excluding hydrogens is 356 g/mol. The first-order valence-electron chi connectivity index (χ1n) is 6.39. The lowest BCUT2D eigenvalue weighted by atomic mass is 10.3. The van der Waals surface area contributed by atoms with Gasteiger partial charge in [0.25, 0.3) is 10.0 Å². The van der Waals surface area contributed by atoms with Crippen molar-refractivity contribution in [3.63, 3.8) is 0 Å². The van der Waals surface area contributed by atoms with E-state index in [2.05, 4.69) is 25.6 Å². The van der Waals surface area contributed by atoms with Crippen LogP contribution in [0, 0.1) is 0 Å². The van der Waals surface area contributed by atoms with Gasteiger partial charge in [-0.25, -0.2) is 13.4 Å². The van der Waals surface area contributed by atoms with Crippen LogP contribution in [0.4, 0.5) is 5.82 Å². The number of hydrogen-bond acceptors (Lipinski definition) is 4. The van der Waals surface area contributed by atoms with Gasteiger partial charge in [-0.05, 0) is 48.0 Å². The highest BCUT2D eigenvalue weighted by molar-refractivity contribution is 9.10. The second kappa shape index (κ2) is 6.17. The molecule has 0 aromatic carbocycles. The highest BCUT2D eigenvalue weighted by Crippen LogP contribution is 2.24. The van der Waals surface area contributed by atoms with E-state index in [9.17, 15) is 8.42 Å². The standard InChI is InChI=1S/C13H17BrN4O2S/c1-9(2)18-8-11(6-10(18)7-15)21(19,20)17-13-12(14)4-3-5-16-13/h3-6,8-9H,7,15H2,1-2H3,(H,16,17). The second-order valence-electron chi connectivity index (χ2n) is 4.81. The third-order valence-corrected chi connectivity index (χ3v) is 4.92. The molecule has 0 unspecified atom stereocenters. The van der Waals surface area contributed by atoms with Crippen LogP contribution >= 0.6 is 15.9 Å². The molecule has 0 amide bonds. The van der Waals surface area contributed by atoms with E-state index in [1.165, 1.54) is 6.20 Å². The Morgan fingerprint density at radius 2 is 2.19 bits per heavy atom. The normalized spacial score (nSPS) is 11.9. The molecule has 0 aliphatic heterocycles. The van der Waals surface area contributed by atoms with E-state index in [1.54, 1.807) is 24.4 Å². The fourth-order valence-electron chi connectivity index (χ4n) is 1.94. The van der Waals surface area contributed by atoms with E-state index in [0.717, 1.165) is 5.69 Å². The van der Waals surface area contributed by atoms with Gasteiger partial charge in [0.1, 0.15) is 4.90 Å². The Hall–Kier alpha value is -1.38. The van der Waals surface area contributed by atoms with Crippen LogP contribution in [0.3, 0.4) is 0 Å². The number of halogens is 1. The number of sulfonamides is 1. The Morgan fingerprint density at radius 1 is 1.48 bits per heavy atom. The van der Waals surface area contributed by atoms with Gasteiger partial charge in [-0.3, -0.25) is 4.72 Å². The maximum atomic E-state index is 12.4. The third-order valence-electron chi connectivity index (χ3n) is 2.97. The molecule has 0 aliphatic carbocycles. The van der Waals surface area contributed by atoms with E-state index in [0.29, 0.717) is 4.47 Å². The summed E-state index contributed by atoms with van der Waals surface area (Å²) in [4.78, 5) is 4.18. The lowest BCUT2D eigenvalue weighted by Gasteiger charge is -2.10. The molecular formula is C13H17BrN4O2S. The van der Waals surface area contributed by atoms with Crippen LogP contribution in [-0.2, 0) is 16.6 Å². The summed E-state index contributed by atoms with van der Waals surface area (Å²) in [6.45, 7) is 4.22. The van der Waals surface area contributed by atoms with E-state index >= 15 is 0 Å². The molecule has 2 heterocycles. The summed E-state index contributed by atoms with van der Waals surface area (Å²) in [6, 6.07) is 5.15. The minimum atomic E-state index is -3.70. The van der Waals surface area contributed by atoms with E-state index in [1.807, 2.05) is 18.4 Å². The zero-order chi connectivity index (χ0) is 15.6. The van der Waals surface area contributed by atoms with Crippen LogP contribution < -0.4 is 10.5 Å². The summed E-state index contributed by atoms with van der Waals surface area (Å²) in [7, 11) is -3.70. The molecule has 8 heteroatoms. The van der Waals surface area contributed by atoms with Crippen molar-refractivity contribution in [2.24, 2.45) is 5.73 Å². The van der Waals surface area contributed by atoms with Gasteiger partial charge in [0, 0.05) is 30.7 Å². The van der Waals surface area contributed by atoms with Crippen LogP contribution in [0.25, 0.3) is 0 Å². The Kier molecular flexibility index (Phi) is 4.70. The zero-order valence-electron chi connectivity index (χ0n) is 11.7. The molecule has 0 atom stereocenters. The summed E-state index contributed by atoms with van der Waals surface area (Å²) in [5.41, 5.74) is 6.43. The van der Waals surface area contributed by atoms with Crippen LogP contribution in [-0.4, -0.2) is 18.0 Å². The van der Waals surface area contributed by atoms with Crippen LogP contribution in [0.1, 0.15) is 25.6 Å². The average molecular weight is 373 g/mol. The van der Waals surface area contributed by atoms with Gasteiger partial charge in [-0.2, -0.15) is 0 Å². The summed E-state index contributed by atoms with van der Waals surface area (Å²) >= 11 is 3.26. The Balaban J connectivity index is 2.38. The van der Waals surface area contributed by atoms with Crippen molar-refractivity contribution in [2.75, 3.05) is 4.72 Å². The first-order valence-corrected chi connectivity index (χ1v) is 8.67. The van der Waals surface area contributed by atoms with Gasteiger partial charge in [0.2, 0.25) is 0 Å². The van der Waals surface area contributed by atoms with Gasteiger partial charge < -0.3 is 10.3 Å². The molecule has 2 aromatic rings. The summed E-state index contributed by atoms with van der Waals surface area (Å²) in [6.07, 6.45) is 3.11. The molecule has 0 saturated carbocycles. The van der Waals surface area contributed by atoms with Crippen LogP contribution in [0.2, 0.25) is 0 Å². The smallest absolute Gasteiger partial charge is 0.264 e. The topological polar surface area (TPSA) is 90.0 Å². The number of anilines is 1. The largest absolute Gasteiger partial charge is 0.346 e. The Labute approximate surface area is 132 Å². The van der Waals surface area contributed by atoms with Gasteiger partial charge in [0.05, 0.1) is 4.47 Å². The molecule has 2 rings (SSSR count). The average Bonchev–Trinajstić information content (AvgIpc) is 2.86. The van der Waals surface area contributed by atoms with Crippen LogP contribution in [0.5, 0.6) is 0 Å². The van der Waals surface area contributed by atoms with Crippen molar-refractivity contribution >= 4 is 31.8 Å². The first-order chi connectivity index (χ1) is 9.85.